The van der Waals surface area contributed by atoms with Crippen LogP contribution in [0.1, 0.15) is 121 Å². The molecular formula is C27H44. The van der Waals surface area contributed by atoms with Crippen molar-refractivity contribution in [2.75, 3.05) is 0 Å². The zero-order valence-corrected chi connectivity index (χ0v) is 18.4. The van der Waals surface area contributed by atoms with Crippen molar-refractivity contribution >= 4 is 0 Å². The van der Waals surface area contributed by atoms with Crippen molar-refractivity contribution in [2.24, 2.45) is 17.3 Å². The van der Waals surface area contributed by atoms with Crippen LogP contribution < -0.4 is 0 Å². The minimum atomic E-state index is 0.617. The van der Waals surface area contributed by atoms with Gasteiger partial charge in [-0.2, -0.15) is 0 Å². The van der Waals surface area contributed by atoms with Crippen molar-refractivity contribution in [3.8, 4) is 0 Å². The van der Waals surface area contributed by atoms with Crippen LogP contribution in [0.3, 0.4) is 0 Å². The molecule has 1 aromatic rings. The maximum Gasteiger partial charge on any atom is -0.0162 e. The summed E-state index contributed by atoms with van der Waals surface area (Å²) in [5, 5.41) is 0. The minimum absolute atomic E-state index is 0.617. The molecule has 0 bridgehead atoms. The van der Waals surface area contributed by atoms with Crippen LogP contribution in [0.15, 0.2) is 24.3 Å². The second kappa shape index (κ2) is 10.1. The van der Waals surface area contributed by atoms with Gasteiger partial charge in [0.25, 0.3) is 0 Å². The topological polar surface area (TPSA) is 0 Å². The Morgan fingerprint density at radius 3 is 1.96 bits per heavy atom. The van der Waals surface area contributed by atoms with Gasteiger partial charge in [-0.25, -0.2) is 0 Å². The SMILES string of the molecule is CCCCC1CCC(CCc2ccc(C3CCC(C)(CC)CC3)cc2)CC1. The monoisotopic (exact) mass is 368 g/mol. The van der Waals surface area contributed by atoms with E-state index in [1.54, 1.807) is 11.1 Å². The van der Waals surface area contributed by atoms with Crippen LogP contribution in [0.5, 0.6) is 0 Å². The lowest BCUT2D eigenvalue weighted by Gasteiger charge is -2.37. The van der Waals surface area contributed by atoms with E-state index < -0.39 is 0 Å². The van der Waals surface area contributed by atoms with Crippen LogP contribution >= 0.6 is 0 Å². The molecule has 0 nitrogen and oxygen atoms in total. The maximum absolute atomic E-state index is 2.49. The third-order valence-electron chi connectivity index (χ3n) is 8.27. The summed E-state index contributed by atoms with van der Waals surface area (Å²) in [6, 6.07) is 9.79. The summed E-state index contributed by atoms with van der Waals surface area (Å²) in [7, 11) is 0. The van der Waals surface area contributed by atoms with Gasteiger partial charge in [-0.05, 0) is 72.8 Å². The van der Waals surface area contributed by atoms with Gasteiger partial charge < -0.3 is 0 Å². The minimum Gasteiger partial charge on any atom is -0.0654 e. The highest BCUT2D eigenvalue weighted by Gasteiger charge is 2.30. The molecule has 0 aliphatic heterocycles. The van der Waals surface area contributed by atoms with E-state index in [1.165, 1.54) is 89.9 Å². The van der Waals surface area contributed by atoms with Crippen LogP contribution in [0.25, 0.3) is 0 Å². The molecule has 1 aromatic carbocycles. The van der Waals surface area contributed by atoms with E-state index in [9.17, 15) is 0 Å². The van der Waals surface area contributed by atoms with Crippen molar-refractivity contribution in [3.05, 3.63) is 35.4 Å². The largest absolute Gasteiger partial charge is 0.0654 e. The van der Waals surface area contributed by atoms with Crippen molar-refractivity contribution in [2.45, 2.75) is 117 Å². The fourth-order valence-corrected chi connectivity index (χ4v) is 5.63. The second-order valence-corrected chi connectivity index (χ2v) is 10.2. The molecule has 0 heteroatoms. The molecular weight excluding hydrogens is 324 g/mol. The Hall–Kier alpha value is -0.780. The lowest BCUT2D eigenvalue weighted by atomic mass is 9.69. The molecule has 27 heavy (non-hydrogen) atoms. The molecule has 0 heterocycles. The number of aryl methyl sites for hydroxylation is 1. The summed E-state index contributed by atoms with van der Waals surface area (Å²) < 4.78 is 0. The summed E-state index contributed by atoms with van der Waals surface area (Å²) in [6.07, 6.45) is 20.0. The van der Waals surface area contributed by atoms with Crippen molar-refractivity contribution in [1.29, 1.82) is 0 Å². The van der Waals surface area contributed by atoms with E-state index in [0.29, 0.717) is 5.41 Å². The lowest BCUT2D eigenvalue weighted by molar-refractivity contribution is 0.191. The fraction of sp³-hybridized carbons (Fsp3) is 0.778. The summed E-state index contributed by atoms with van der Waals surface area (Å²) in [4.78, 5) is 0. The highest BCUT2D eigenvalue weighted by atomic mass is 14.3. The van der Waals surface area contributed by atoms with Crippen LogP contribution in [0, 0.1) is 17.3 Å². The molecule has 2 aliphatic rings. The number of benzene rings is 1. The highest BCUT2D eigenvalue weighted by molar-refractivity contribution is 5.26. The highest BCUT2D eigenvalue weighted by Crippen LogP contribution is 2.44. The molecule has 152 valence electrons. The number of rotatable bonds is 8. The van der Waals surface area contributed by atoms with Gasteiger partial charge in [0.15, 0.2) is 0 Å². The third-order valence-corrected chi connectivity index (χ3v) is 8.27. The van der Waals surface area contributed by atoms with Crippen molar-refractivity contribution in [1.82, 2.24) is 0 Å². The van der Waals surface area contributed by atoms with E-state index in [-0.39, 0.29) is 0 Å². The molecule has 0 atom stereocenters. The molecule has 2 saturated carbocycles. The Labute approximate surface area is 169 Å². The van der Waals surface area contributed by atoms with Gasteiger partial charge in [-0.3, -0.25) is 0 Å². The number of hydrogen-bond donors (Lipinski definition) is 0. The van der Waals surface area contributed by atoms with Gasteiger partial charge in [0.05, 0.1) is 0 Å². The van der Waals surface area contributed by atoms with E-state index in [4.69, 9.17) is 0 Å². The van der Waals surface area contributed by atoms with Gasteiger partial charge in [-0.15, -0.1) is 0 Å². The first-order valence-corrected chi connectivity index (χ1v) is 12.2. The molecule has 2 aliphatic carbocycles. The van der Waals surface area contributed by atoms with Gasteiger partial charge in [0.1, 0.15) is 0 Å². The Balaban J connectivity index is 1.40. The predicted molar refractivity (Wildman–Crippen MR) is 119 cm³/mol. The first-order valence-electron chi connectivity index (χ1n) is 12.2. The van der Waals surface area contributed by atoms with Gasteiger partial charge in [-0.1, -0.05) is 96.4 Å². The molecule has 0 unspecified atom stereocenters. The molecule has 0 amide bonds. The van der Waals surface area contributed by atoms with Gasteiger partial charge in [0, 0.05) is 0 Å². The smallest absolute Gasteiger partial charge is 0.0162 e. The van der Waals surface area contributed by atoms with Crippen LogP contribution in [0.2, 0.25) is 0 Å². The lowest BCUT2D eigenvalue weighted by Crippen LogP contribution is -2.22. The van der Waals surface area contributed by atoms with Crippen LogP contribution in [-0.2, 0) is 6.42 Å². The first-order chi connectivity index (χ1) is 13.1. The van der Waals surface area contributed by atoms with E-state index in [1.807, 2.05) is 0 Å². The fourth-order valence-electron chi connectivity index (χ4n) is 5.63. The average molecular weight is 369 g/mol. The molecule has 0 saturated heterocycles. The maximum atomic E-state index is 2.49. The van der Waals surface area contributed by atoms with Gasteiger partial charge >= 0.3 is 0 Å². The first kappa shape index (κ1) is 20.9. The normalized spacial score (nSPS) is 31.7. The van der Waals surface area contributed by atoms with Crippen molar-refractivity contribution in [3.63, 3.8) is 0 Å². The molecule has 2 fully saturated rings. The molecule has 0 aromatic heterocycles. The summed E-state index contributed by atoms with van der Waals surface area (Å²) in [6.45, 7) is 7.18. The summed E-state index contributed by atoms with van der Waals surface area (Å²) in [5.74, 6) is 2.86. The van der Waals surface area contributed by atoms with E-state index >= 15 is 0 Å². The van der Waals surface area contributed by atoms with Crippen LogP contribution in [0.4, 0.5) is 0 Å². The Kier molecular flexibility index (Phi) is 7.86. The standard InChI is InChI=1S/C27H44/c1-4-6-7-22-8-10-23(11-9-22)12-13-24-14-16-25(17-15-24)26-18-20-27(3,5-2)21-19-26/h14-17,22-23,26H,4-13,18-21H2,1-3H3. The van der Waals surface area contributed by atoms with E-state index in [0.717, 1.165) is 17.8 Å². The number of hydrogen-bond acceptors (Lipinski definition) is 0. The average Bonchev–Trinajstić information content (AvgIpc) is 2.72. The van der Waals surface area contributed by atoms with Crippen LogP contribution in [-0.4, -0.2) is 0 Å². The Morgan fingerprint density at radius 1 is 0.815 bits per heavy atom. The summed E-state index contributed by atoms with van der Waals surface area (Å²) >= 11 is 0. The molecule has 0 spiro atoms. The Morgan fingerprint density at radius 2 is 1.41 bits per heavy atom. The van der Waals surface area contributed by atoms with Gasteiger partial charge in [0.2, 0.25) is 0 Å². The quantitative estimate of drug-likeness (QED) is 0.430. The Bertz CT molecular complexity index is 524. The zero-order valence-electron chi connectivity index (χ0n) is 18.4. The van der Waals surface area contributed by atoms with E-state index in [2.05, 4.69) is 45.0 Å². The summed E-state index contributed by atoms with van der Waals surface area (Å²) in [5.41, 5.74) is 3.79. The molecule has 0 radical (unpaired) electrons. The molecule has 3 rings (SSSR count). The second-order valence-electron chi connectivity index (χ2n) is 10.2. The van der Waals surface area contributed by atoms with Crippen molar-refractivity contribution < 1.29 is 0 Å². The third kappa shape index (κ3) is 6.10. The number of unbranched alkanes of at least 4 members (excludes halogenated alkanes) is 1. The predicted octanol–water partition coefficient (Wildman–Crippen LogP) is 8.69. The molecule has 0 N–H and O–H groups in total. The zero-order chi connectivity index (χ0) is 19.1.